The third kappa shape index (κ3) is 2.25. The molecule has 3 rings (SSSR count). The van der Waals surface area contributed by atoms with Gasteiger partial charge < -0.3 is 9.84 Å². The number of ether oxygens (including phenoxy) is 1. The quantitative estimate of drug-likeness (QED) is 0.837. The summed E-state index contributed by atoms with van der Waals surface area (Å²) in [6, 6.07) is 0. The first-order valence-electron chi connectivity index (χ1n) is 6.57. The van der Waals surface area contributed by atoms with Crippen LogP contribution in [0.25, 0.3) is 0 Å². The first-order chi connectivity index (χ1) is 9.65. The van der Waals surface area contributed by atoms with Crippen LogP contribution in [0.4, 0.5) is 0 Å². The second kappa shape index (κ2) is 4.96. The summed E-state index contributed by atoms with van der Waals surface area (Å²) < 4.78 is 5.55. The van der Waals surface area contributed by atoms with E-state index in [0.29, 0.717) is 24.2 Å². The van der Waals surface area contributed by atoms with Crippen molar-refractivity contribution in [3.63, 3.8) is 0 Å². The number of carbonyl (C=O) groups excluding carboxylic acids is 1. The van der Waals surface area contributed by atoms with Crippen molar-refractivity contribution in [2.24, 2.45) is 5.92 Å². The van der Waals surface area contributed by atoms with Crippen molar-refractivity contribution in [1.82, 2.24) is 0 Å². The van der Waals surface area contributed by atoms with E-state index in [-0.39, 0.29) is 18.1 Å². The van der Waals surface area contributed by atoms with Crippen LogP contribution in [0.15, 0.2) is 59.1 Å². The molecule has 1 aliphatic heterocycles. The van der Waals surface area contributed by atoms with Gasteiger partial charge in [-0.2, -0.15) is 0 Å². The summed E-state index contributed by atoms with van der Waals surface area (Å²) in [4.78, 5) is 23.0. The van der Waals surface area contributed by atoms with Gasteiger partial charge in [-0.25, -0.2) is 0 Å². The van der Waals surface area contributed by atoms with E-state index in [1.165, 1.54) is 6.08 Å². The average Bonchev–Trinajstić information content (AvgIpc) is 2.58. The monoisotopic (exact) mass is 270 g/mol. The fourth-order valence-electron chi connectivity index (χ4n) is 2.81. The molecule has 0 fully saturated rings. The summed E-state index contributed by atoms with van der Waals surface area (Å²) in [7, 11) is 0. The van der Waals surface area contributed by atoms with Crippen molar-refractivity contribution in [2.45, 2.75) is 19.3 Å². The Bertz CT molecular complexity index is 629. The van der Waals surface area contributed by atoms with E-state index in [0.717, 1.165) is 11.1 Å². The van der Waals surface area contributed by atoms with Crippen LogP contribution in [-0.2, 0) is 14.3 Å². The molecule has 3 aliphatic rings. The molecule has 0 amide bonds. The Kier molecular flexibility index (Phi) is 3.14. The SMILES string of the molecule is O=C(O)CC1CC=C2OC=CC3=CC=CC(=O)C3=C2C1. The summed E-state index contributed by atoms with van der Waals surface area (Å²) in [5.74, 6) is -0.157. The molecule has 0 aromatic rings. The van der Waals surface area contributed by atoms with Crippen molar-refractivity contribution < 1.29 is 19.4 Å². The second-order valence-electron chi connectivity index (χ2n) is 5.09. The predicted molar refractivity (Wildman–Crippen MR) is 72.5 cm³/mol. The number of carbonyl (C=O) groups is 2. The number of carboxylic acids is 1. The third-order valence-electron chi connectivity index (χ3n) is 3.69. The van der Waals surface area contributed by atoms with E-state index >= 15 is 0 Å². The maximum absolute atomic E-state index is 12.1. The number of carboxylic acid groups (broad SMARTS) is 1. The largest absolute Gasteiger partial charge is 0.481 e. The van der Waals surface area contributed by atoms with E-state index in [9.17, 15) is 9.59 Å². The zero-order valence-corrected chi connectivity index (χ0v) is 10.8. The lowest BCUT2D eigenvalue weighted by atomic mass is 9.81. The molecule has 4 nitrogen and oxygen atoms in total. The number of aliphatic carboxylic acids is 1. The van der Waals surface area contributed by atoms with Crippen LogP contribution in [0.5, 0.6) is 0 Å². The summed E-state index contributed by atoms with van der Waals surface area (Å²) in [5, 5.41) is 8.93. The highest BCUT2D eigenvalue weighted by atomic mass is 16.5. The molecule has 0 aromatic heterocycles. The van der Waals surface area contributed by atoms with Crippen LogP contribution in [0.2, 0.25) is 0 Å². The molecule has 0 saturated carbocycles. The summed E-state index contributed by atoms with van der Waals surface area (Å²) in [6.07, 6.45) is 11.7. The Balaban J connectivity index is 2.03. The normalized spacial score (nSPS) is 24.2. The van der Waals surface area contributed by atoms with E-state index in [4.69, 9.17) is 9.84 Å². The molecule has 0 saturated heterocycles. The van der Waals surface area contributed by atoms with Gasteiger partial charge in [0.05, 0.1) is 6.26 Å². The Labute approximate surface area is 116 Å². The molecule has 4 heteroatoms. The van der Waals surface area contributed by atoms with E-state index in [2.05, 4.69) is 0 Å². The lowest BCUT2D eigenvalue weighted by Gasteiger charge is -2.24. The Morgan fingerprint density at radius 2 is 2.25 bits per heavy atom. The van der Waals surface area contributed by atoms with Crippen LogP contribution in [0.3, 0.4) is 0 Å². The van der Waals surface area contributed by atoms with Gasteiger partial charge in [0, 0.05) is 17.6 Å². The maximum atomic E-state index is 12.1. The van der Waals surface area contributed by atoms with Gasteiger partial charge in [-0.3, -0.25) is 9.59 Å². The van der Waals surface area contributed by atoms with E-state index in [1.54, 1.807) is 18.4 Å². The van der Waals surface area contributed by atoms with Crippen molar-refractivity contribution >= 4 is 11.8 Å². The van der Waals surface area contributed by atoms with Crippen molar-refractivity contribution in [2.75, 3.05) is 0 Å². The van der Waals surface area contributed by atoms with Crippen LogP contribution in [0, 0.1) is 5.92 Å². The van der Waals surface area contributed by atoms with Crippen LogP contribution in [0.1, 0.15) is 19.3 Å². The molecule has 0 aromatic carbocycles. The zero-order chi connectivity index (χ0) is 14.1. The fourth-order valence-corrected chi connectivity index (χ4v) is 2.81. The minimum atomic E-state index is -0.809. The van der Waals surface area contributed by atoms with Gasteiger partial charge >= 0.3 is 5.97 Å². The lowest BCUT2D eigenvalue weighted by Crippen LogP contribution is -2.17. The van der Waals surface area contributed by atoms with Gasteiger partial charge in [0.25, 0.3) is 0 Å². The van der Waals surface area contributed by atoms with Crippen LogP contribution >= 0.6 is 0 Å². The standard InChI is InChI=1S/C16H14O4/c17-13-3-1-2-11-6-7-20-14-5-4-10(9-15(18)19)8-12(14)16(11)13/h1-3,5-7,10H,4,8-9H2,(H,18,19). The van der Waals surface area contributed by atoms with Gasteiger partial charge in [0.1, 0.15) is 5.76 Å². The van der Waals surface area contributed by atoms with Crippen LogP contribution in [-0.4, -0.2) is 16.9 Å². The lowest BCUT2D eigenvalue weighted by molar-refractivity contribution is -0.138. The third-order valence-corrected chi connectivity index (χ3v) is 3.69. The molecule has 20 heavy (non-hydrogen) atoms. The maximum Gasteiger partial charge on any atom is 0.303 e. The predicted octanol–water partition coefficient (Wildman–Crippen LogP) is 2.66. The topological polar surface area (TPSA) is 63.6 Å². The minimum Gasteiger partial charge on any atom is -0.481 e. The highest BCUT2D eigenvalue weighted by Crippen LogP contribution is 2.38. The number of ketones is 1. The molecular weight excluding hydrogens is 256 g/mol. The van der Waals surface area contributed by atoms with Crippen molar-refractivity contribution in [1.29, 1.82) is 0 Å². The number of hydrogen-bond donors (Lipinski definition) is 1. The molecule has 1 atom stereocenters. The highest BCUT2D eigenvalue weighted by molar-refractivity contribution is 6.10. The summed E-state index contributed by atoms with van der Waals surface area (Å²) in [6.45, 7) is 0. The van der Waals surface area contributed by atoms with Gasteiger partial charge in [-0.1, -0.05) is 12.2 Å². The molecule has 0 radical (unpaired) electrons. The minimum absolute atomic E-state index is 0.0143. The molecule has 0 spiro atoms. The summed E-state index contributed by atoms with van der Waals surface area (Å²) >= 11 is 0. The molecule has 1 N–H and O–H groups in total. The Morgan fingerprint density at radius 1 is 1.40 bits per heavy atom. The number of hydrogen-bond acceptors (Lipinski definition) is 3. The molecule has 102 valence electrons. The molecule has 1 heterocycles. The van der Waals surface area contributed by atoms with Gasteiger partial charge in [-0.05, 0) is 42.6 Å². The first-order valence-corrected chi connectivity index (χ1v) is 6.57. The second-order valence-corrected chi connectivity index (χ2v) is 5.09. The molecule has 1 unspecified atom stereocenters. The van der Waals surface area contributed by atoms with Crippen LogP contribution < -0.4 is 0 Å². The van der Waals surface area contributed by atoms with E-state index < -0.39 is 5.97 Å². The van der Waals surface area contributed by atoms with Gasteiger partial charge in [-0.15, -0.1) is 0 Å². The first kappa shape index (κ1) is 12.7. The van der Waals surface area contributed by atoms with E-state index in [1.807, 2.05) is 12.2 Å². The smallest absolute Gasteiger partial charge is 0.303 e. The van der Waals surface area contributed by atoms with Gasteiger partial charge in [0.2, 0.25) is 0 Å². The molecule has 2 aliphatic carbocycles. The Morgan fingerprint density at radius 3 is 3.05 bits per heavy atom. The Hall–Kier alpha value is -2.36. The fraction of sp³-hybridized carbons (Fsp3) is 0.250. The molecule has 0 bridgehead atoms. The number of allylic oxidation sites excluding steroid dienone is 8. The average molecular weight is 270 g/mol. The highest BCUT2D eigenvalue weighted by Gasteiger charge is 2.29. The number of rotatable bonds is 2. The van der Waals surface area contributed by atoms with Gasteiger partial charge in [0.15, 0.2) is 5.78 Å². The van der Waals surface area contributed by atoms with Crippen molar-refractivity contribution in [3.8, 4) is 0 Å². The molecular formula is C16H14O4. The number of fused-ring (bicyclic) bond motifs is 2. The van der Waals surface area contributed by atoms with Crippen molar-refractivity contribution in [3.05, 3.63) is 59.1 Å². The zero-order valence-electron chi connectivity index (χ0n) is 10.8. The summed E-state index contributed by atoms with van der Waals surface area (Å²) in [5.41, 5.74) is 2.29.